The summed E-state index contributed by atoms with van der Waals surface area (Å²) in [5, 5.41) is 11.1. The van der Waals surface area contributed by atoms with Gasteiger partial charge in [0, 0.05) is 11.6 Å². The Morgan fingerprint density at radius 1 is 1.25 bits per heavy atom. The fourth-order valence-electron chi connectivity index (χ4n) is 2.99. The van der Waals surface area contributed by atoms with Gasteiger partial charge in [0.2, 0.25) is 0 Å². The zero-order valence-corrected chi connectivity index (χ0v) is 15.9. The third-order valence-corrected chi connectivity index (χ3v) is 4.65. The highest BCUT2D eigenvalue weighted by Gasteiger charge is 2.39. The number of nitrogens with zero attached hydrogens (tertiary/aromatic N) is 3. The number of aromatic nitrogens is 1. The Morgan fingerprint density at radius 3 is 2.50 bits per heavy atom. The van der Waals surface area contributed by atoms with Crippen molar-refractivity contribution < 1.29 is 19.2 Å². The van der Waals surface area contributed by atoms with Crippen LogP contribution < -0.4 is 9.64 Å². The molecule has 0 saturated heterocycles. The normalized spacial score (nSPS) is 15.9. The van der Waals surface area contributed by atoms with Crippen molar-refractivity contribution in [2.24, 2.45) is 0 Å². The topological polar surface area (TPSA) is 103 Å². The Balaban J connectivity index is 1.93. The maximum absolute atomic E-state index is 12.8. The van der Waals surface area contributed by atoms with Crippen LogP contribution in [0.3, 0.4) is 0 Å². The first-order chi connectivity index (χ1) is 13.3. The van der Waals surface area contributed by atoms with Crippen LogP contribution in [0.2, 0.25) is 0 Å². The number of carbonyl (C=O) groups is 2. The van der Waals surface area contributed by atoms with Gasteiger partial charge in [0.25, 0.3) is 11.7 Å². The lowest BCUT2D eigenvalue weighted by Crippen LogP contribution is -2.48. The van der Waals surface area contributed by atoms with Crippen LogP contribution in [0.25, 0.3) is 0 Å². The Labute approximate surface area is 162 Å². The lowest BCUT2D eigenvalue weighted by atomic mass is 10.0. The summed E-state index contributed by atoms with van der Waals surface area (Å²) in [6, 6.07) is 9.83. The third-order valence-electron chi connectivity index (χ3n) is 4.65. The van der Waals surface area contributed by atoms with Crippen LogP contribution in [-0.2, 0) is 4.79 Å². The van der Waals surface area contributed by atoms with Gasteiger partial charge in [-0.3, -0.25) is 14.5 Å². The van der Waals surface area contributed by atoms with Crippen molar-refractivity contribution in [1.82, 2.24) is 4.98 Å². The summed E-state index contributed by atoms with van der Waals surface area (Å²) in [6.07, 6.45) is -0.352. The summed E-state index contributed by atoms with van der Waals surface area (Å²) in [5.74, 6) is -0.540. The van der Waals surface area contributed by atoms with Crippen molar-refractivity contribution in [2.75, 3.05) is 11.4 Å². The number of hydrogen-bond acceptors (Lipinski definition) is 6. The van der Waals surface area contributed by atoms with E-state index < -0.39 is 22.8 Å². The van der Waals surface area contributed by atoms with Gasteiger partial charge in [0.15, 0.2) is 17.6 Å². The molecule has 28 heavy (non-hydrogen) atoms. The smallest absolute Gasteiger partial charge is 0.366 e. The van der Waals surface area contributed by atoms with E-state index in [4.69, 9.17) is 4.74 Å². The number of rotatable bonds is 6. The molecule has 3 rings (SSSR count). The number of anilines is 1. The van der Waals surface area contributed by atoms with Crippen LogP contribution in [0.1, 0.15) is 49.0 Å². The summed E-state index contributed by atoms with van der Waals surface area (Å²) < 4.78 is 5.60. The number of ketones is 1. The van der Waals surface area contributed by atoms with E-state index in [9.17, 15) is 19.7 Å². The van der Waals surface area contributed by atoms with Crippen LogP contribution >= 0.6 is 0 Å². The van der Waals surface area contributed by atoms with Crippen LogP contribution in [0.5, 0.6) is 5.75 Å². The number of hydrogen-bond donors (Lipinski definition) is 0. The number of carbonyl (C=O) groups excluding carboxylic acids is 2. The van der Waals surface area contributed by atoms with Gasteiger partial charge in [-0.25, -0.2) is 0 Å². The third kappa shape index (κ3) is 3.71. The fraction of sp³-hybridized carbons (Fsp3) is 0.350. The van der Waals surface area contributed by atoms with Gasteiger partial charge >= 0.3 is 5.82 Å². The fourth-order valence-corrected chi connectivity index (χ4v) is 2.99. The van der Waals surface area contributed by atoms with Crippen LogP contribution in [0.15, 0.2) is 36.4 Å². The second kappa shape index (κ2) is 7.75. The molecular weight excluding hydrogens is 362 g/mol. The maximum atomic E-state index is 12.8. The van der Waals surface area contributed by atoms with Crippen molar-refractivity contribution in [1.29, 1.82) is 0 Å². The quantitative estimate of drug-likeness (QED) is 0.430. The van der Waals surface area contributed by atoms with Gasteiger partial charge in [-0.05, 0) is 33.9 Å². The molecule has 1 aliphatic rings. The molecule has 8 heteroatoms. The van der Waals surface area contributed by atoms with Gasteiger partial charge in [-0.1, -0.05) is 45.0 Å². The van der Waals surface area contributed by atoms with E-state index in [1.54, 1.807) is 19.1 Å². The largest absolute Gasteiger partial charge is 0.474 e. The first-order valence-electron chi connectivity index (χ1n) is 9.08. The highest BCUT2D eigenvalue weighted by atomic mass is 16.6. The summed E-state index contributed by atoms with van der Waals surface area (Å²) in [7, 11) is 0. The molecule has 1 unspecified atom stereocenters. The average molecular weight is 383 g/mol. The molecule has 2 aromatic rings. The predicted octanol–water partition coefficient (Wildman–Crippen LogP) is 3.50. The number of nitro groups is 1. The molecule has 1 atom stereocenters. The van der Waals surface area contributed by atoms with Crippen molar-refractivity contribution >= 4 is 23.3 Å². The highest BCUT2D eigenvalue weighted by Crippen LogP contribution is 2.34. The van der Waals surface area contributed by atoms with Crippen molar-refractivity contribution in [3.63, 3.8) is 0 Å². The first-order valence-corrected chi connectivity index (χ1v) is 9.08. The Bertz CT molecular complexity index is 924. The first kappa shape index (κ1) is 19.5. The van der Waals surface area contributed by atoms with E-state index in [0.717, 1.165) is 5.56 Å². The number of Topliss-reactive ketones (excluding diaryl/α,β-unsaturated/α-hetero) is 1. The van der Waals surface area contributed by atoms with Crippen LogP contribution in [0, 0.1) is 10.1 Å². The number of pyridine rings is 1. The monoisotopic (exact) mass is 383 g/mol. The molecule has 0 fully saturated rings. The minimum Gasteiger partial charge on any atom is -0.474 e. The molecule has 0 aliphatic carbocycles. The molecule has 0 spiro atoms. The summed E-state index contributed by atoms with van der Waals surface area (Å²) in [5.41, 5.74) is 1.57. The number of benzene rings is 1. The molecule has 1 amide bonds. The molecule has 1 aromatic carbocycles. The van der Waals surface area contributed by atoms with Gasteiger partial charge < -0.3 is 14.9 Å². The summed E-state index contributed by atoms with van der Waals surface area (Å²) in [6.45, 7) is 5.64. The minimum absolute atomic E-state index is 0.00366. The van der Waals surface area contributed by atoms with Gasteiger partial charge in [-0.15, -0.1) is 0 Å². The van der Waals surface area contributed by atoms with Crippen molar-refractivity contribution in [2.45, 2.75) is 39.2 Å². The Morgan fingerprint density at radius 2 is 1.93 bits per heavy atom. The van der Waals surface area contributed by atoms with E-state index >= 15 is 0 Å². The SMILES string of the molecule is CCC1Oc2ccc([N+](=O)[O-])nc2N(CC(=O)c2ccc(C(C)C)cc2)C1=O. The molecule has 0 N–H and O–H groups in total. The molecule has 146 valence electrons. The predicted molar refractivity (Wildman–Crippen MR) is 103 cm³/mol. The van der Waals surface area contributed by atoms with E-state index in [1.807, 2.05) is 12.1 Å². The molecule has 0 bridgehead atoms. The molecular formula is C20H21N3O5. The minimum atomic E-state index is -0.758. The zero-order valence-electron chi connectivity index (χ0n) is 15.9. The molecule has 1 aliphatic heterocycles. The standard InChI is InChI=1S/C20H21N3O5/c1-4-16-20(25)22(19-17(28-16)9-10-18(21-19)23(26)27)11-15(24)14-7-5-13(6-8-14)12(2)3/h5-10,12,16H,4,11H2,1-3H3. The molecule has 8 nitrogen and oxygen atoms in total. The Hall–Kier alpha value is -3.29. The maximum Gasteiger partial charge on any atom is 0.366 e. The summed E-state index contributed by atoms with van der Waals surface area (Å²) in [4.78, 5) is 41.0. The van der Waals surface area contributed by atoms with E-state index in [1.165, 1.54) is 17.0 Å². The lowest BCUT2D eigenvalue weighted by molar-refractivity contribution is -0.389. The molecule has 0 saturated carbocycles. The molecule has 1 aromatic heterocycles. The second-order valence-electron chi connectivity index (χ2n) is 6.89. The van der Waals surface area contributed by atoms with Gasteiger partial charge in [-0.2, -0.15) is 0 Å². The number of ether oxygens (including phenoxy) is 1. The Kier molecular flexibility index (Phi) is 5.39. The van der Waals surface area contributed by atoms with Gasteiger partial charge in [0.05, 0.1) is 6.54 Å². The molecule has 0 radical (unpaired) electrons. The summed E-state index contributed by atoms with van der Waals surface area (Å²) >= 11 is 0. The molecule has 2 heterocycles. The highest BCUT2D eigenvalue weighted by molar-refractivity contribution is 6.07. The second-order valence-corrected chi connectivity index (χ2v) is 6.89. The van der Waals surface area contributed by atoms with Crippen molar-refractivity contribution in [3.05, 3.63) is 57.6 Å². The van der Waals surface area contributed by atoms with E-state index in [-0.39, 0.29) is 23.9 Å². The average Bonchev–Trinajstić information content (AvgIpc) is 2.69. The van der Waals surface area contributed by atoms with Crippen LogP contribution in [-0.4, -0.2) is 34.2 Å². The zero-order chi connectivity index (χ0) is 20.4. The number of fused-ring (bicyclic) bond motifs is 1. The van der Waals surface area contributed by atoms with Gasteiger partial charge in [0.1, 0.15) is 0 Å². The van der Waals surface area contributed by atoms with Crippen molar-refractivity contribution in [3.8, 4) is 5.75 Å². The lowest BCUT2D eigenvalue weighted by Gasteiger charge is -2.30. The van der Waals surface area contributed by atoms with E-state index in [0.29, 0.717) is 17.9 Å². The number of amides is 1. The van der Waals surface area contributed by atoms with E-state index in [2.05, 4.69) is 18.8 Å². The van der Waals surface area contributed by atoms with Crippen LogP contribution in [0.4, 0.5) is 11.6 Å².